The van der Waals surface area contributed by atoms with Crippen LogP contribution in [0.1, 0.15) is 42.7 Å². The number of anilines is 1. The lowest BCUT2D eigenvalue weighted by Gasteiger charge is -2.38. The number of Topliss-reactive ketones (excluding diaryl/α,β-unsaturated/α-hetero) is 1. The molecule has 4 heteroatoms. The molecule has 1 aliphatic heterocycles. The highest BCUT2D eigenvalue weighted by molar-refractivity contribution is 6.07. The van der Waals surface area contributed by atoms with Crippen LogP contribution < -0.4 is 4.90 Å². The van der Waals surface area contributed by atoms with Crippen LogP contribution in [0.4, 0.5) is 5.69 Å². The van der Waals surface area contributed by atoms with Crippen LogP contribution in [0.3, 0.4) is 0 Å². The van der Waals surface area contributed by atoms with Crippen molar-refractivity contribution in [1.29, 1.82) is 0 Å². The molecular weight excluding hydrogens is 312 g/mol. The Kier molecular flexibility index (Phi) is 3.96. The smallest absolute Gasteiger partial charge is 0.232 e. The summed E-state index contributed by atoms with van der Waals surface area (Å²) in [5, 5.41) is 0. The highest BCUT2D eigenvalue weighted by Gasteiger charge is 2.40. The van der Waals surface area contributed by atoms with E-state index in [0.29, 0.717) is 12.8 Å². The summed E-state index contributed by atoms with van der Waals surface area (Å²) in [6.45, 7) is 2.04. The summed E-state index contributed by atoms with van der Waals surface area (Å²) < 4.78 is 0. The molecule has 2 aliphatic rings. The maximum absolute atomic E-state index is 13.0. The van der Waals surface area contributed by atoms with Crippen LogP contribution in [-0.2, 0) is 9.59 Å². The summed E-state index contributed by atoms with van der Waals surface area (Å²) in [7, 11) is 0. The van der Waals surface area contributed by atoms with Gasteiger partial charge in [0.2, 0.25) is 5.91 Å². The average Bonchev–Trinajstić information content (AvgIpc) is 2.62. The number of hydrogen-bond acceptors (Lipinski definition) is 3. The van der Waals surface area contributed by atoms with Gasteiger partial charge in [-0.25, -0.2) is 0 Å². The van der Waals surface area contributed by atoms with Gasteiger partial charge in [-0.1, -0.05) is 24.3 Å². The fourth-order valence-electron chi connectivity index (χ4n) is 4.02. The maximum atomic E-state index is 13.0. The van der Waals surface area contributed by atoms with Crippen LogP contribution in [0.15, 0.2) is 60.1 Å². The normalized spacial score (nSPS) is 20.7. The molecule has 25 heavy (non-hydrogen) atoms. The molecule has 1 aromatic heterocycles. The summed E-state index contributed by atoms with van der Waals surface area (Å²) in [6, 6.07) is 11.8. The van der Waals surface area contributed by atoms with E-state index in [1.807, 2.05) is 43.3 Å². The molecule has 0 fully saturated rings. The minimum Gasteiger partial charge on any atom is -0.294 e. The summed E-state index contributed by atoms with van der Waals surface area (Å²) in [6.07, 6.45) is 5.82. The summed E-state index contributed by atoms with van der Waals surface area (Å²) >= 11 is 0. The Morgan fingerprint density at radius 2 is 1.92 bits per heavy atom. The third-order valence-corrected chi connectivity index (χ3v) is 5.14. The fraction of sp³-hybridized carbons (Fsp3) is 0.286. The molecular formula is C21H20N2O2. The van der Waals surface area contributed by atoms with E-state index in [1.165, 1.54) is 0 Å². The highest BCUT2D eigenvalue weighted by atomic mass is 16.2. The van der Waals surface area contributed by atoms with Crippen molar-refractivity contribution < 1.29 is 9.59 Å². The number of pyridine rings is 1. The molecule has 1 aliphatic carbocycles. The molecule has 2 aromatic rings. The molecule has 0 saturated carbocycles. The van der Waals surface area contributed by atoms with Crippen LogP contribution in [0, 0.1) is 6.92 Å². The average molecular weight is 332 g/mol. The number of hydrogen-bond donors (Lipinski definition) is 0. The highest BCUT2D eigenvalue weighted by Crippen LogP contribution is 2.43. The van der Waals surface area contributed by atoms with Crippen LogP contribution in [0.25, 0.3) is 0 Å². The van der Waals surface area contributed by atoms with E-state index in [4.69, 9.17) is 0 Å². The van der Waals surface area contributed by atoms with Crippen LogP contribution in [0.5, 0.6) is 0 Å². The van der Waals surface area contributed by atoms with Crippen LogP contribution in [-0.4, -0.2) is 16.7 Å². The number of carbonyl (C=O) groups is 2. The number of carbonyl (C=O) groups excluding carboxylic acids is 2. The Bertz CT molecular complexity index is 870. The lowest BCUT2D eigenvalue weighted by Crippen LogP contribution is -2.40. The van der Waals surface area contributed by atoms with Gasteiger partial charge in [-0.3, -0.25) is 19.5 Å². The maximum Gasteiger partial charge on any atom is 0.232 e. The van der Waals surface area contributed by atoms with Crippen molar-refractivity contribution in [2.75, 3.05) is 4.90 Å². The van der Waals surface area contributed by atoms with Gasteiger partial charge in [-0.05, 0) is 43.0 Å². The van der Waals surface area contributed by atoms with Crippen LogP contribution >= 0.6 is 0 Å². The summed E-state index contributed by atoms with van der Waals surface area (Å²) in [5.41, 5.74) is 4.65. The third kappa shape index (κ3) is 2.68. The topological polar surface area (TPSA) is 50.3 Å². The minimum atomic E-state index is -0.135. The molecule has 0 bridgehead atoms. The molecule has 0 N–H and O–H groups in total. The SMILES string of the molecule is Cc1ccccc1C1CC(=O)N(c2cccnc2)C2=C1C(=O)CCC2. The zero-order valence-electron chi connectivity index (χ0n) is 14.2. The number of aromatic nitrogens is 1. The first-order valence-electron chi connectivity index (χ1n) is 8.71. The van der Waals surface area contributed by atoms with Gasteiger partial charge >= 0.3 is 0 Å². The van der Waals surface area contributed by atoms with E-state index in [0.717, 1.165) is 40.9 Å². The van der Waals surface area contributed by atoms with Crippen molar-refractivity contribution in [3.8, 4) is 0 Å². The van der Waals surface area contributed by atoms with E-state index < -0.39 is 0 Å². The largest absolute Gasteiger partial charge is 0.294 e. The molecule has 0 spiro atoms. The Morgan fingerprint density at radius 3 is 2.68 bits per heavy atom. The lowest BCUT2D eigenvalue weighted by atomic mass is 9.76. The number of rotatable bonds is 2. The first-order valence-corrected chi connectivity index (χ1v) is 8.71. The number of nitrogens with zero attached hydrogens (tertiary/aromatic N) is 2. The molecule has 1 aromatic carbocycles. The van der Waals surface area contributed by atoms with Gasteiger partial charge in [0.25, 0.3) is 0 Å². The second-order valence-electron chi connectivity index (χ2n) is 6.69. The van der Waals surface area contributed by atoms with Crippen molar-refractivity contribution in [3.05, 3.63) is 71.2 Å². The Balaban J connectivity index is 1.89. The first-order chi connectivity index (χ1) is 12.2. The third-order valence-electron chi connectivity index (χ3n) is 5.14. The minimum absolute atomic E-state index is 0.0368. The molecule has 126 valence electrons. The van der Waals surface area contributed by atoms with Gasteiger partial charge < -0.3 is 0 Å². The van der Waals surface area contributed by atoms with Crippen molar-refractivity contribution in [3.63, 3.8) is 0 Å². The molecule has 2 heterocycles. The van der Waals surface area contributed by atoms with Gasteiger partial charge in [0.1, 0.15) is 0 Å². The van der Waals surface area contributed by atoms with Gasteiger partial charge in [0.15, 0.2) is 5.78 Å². The standard InChI is InChI=1S/C21H20N2O2/c1-14-6-2-3-8-16(14)17-12-20(25)23(15-7-5-11-22-13-15)18-9-4-10-19(24)21(17)18/h2-3,5-8,11,13,17H,4,9-10,12H2,1H3. The molecule has 1 amide bonds. The van der Waals surface area contributed by atoms with Crippen molar-refractivity contribution in [1.82, 2.24) is 4.98 Å². The van der Waals surface area contributed by atoms with Gasteiger partial charge in [-0.15, -0.1) is 0 Å². The zero-order valence-corrected chi connectivity index (χ0v) is 14.2. The van der Waals surface area contributed by atoms with E-state index in [9.17, 15) is 9.59 Å². The first kappa shape index (κ1) is 15.8. The lowest BCUT2D eigenvalue weighted by molar-refractivity contribution is -0.119. The number of amides is 1. The zero-order chi connectivity index (χ0) is 17.4. The van der Waals surface area contributed by atoms with E-state index >= 15 is 0 Å². The van der Waals surface area contributed by atoms with E-state index in [-0.39, 0.29) is 17.6 Å². The van der Waals surface area contributed by atoms with Gasteiger partial charge in [0, 0.05) is 36.2 Å². The van der Waals surface area contributed by atoms with Crippen LogP contribution in [0.2, 0.25) is 0 Å². The summed E-state index contributed by atoms with van der Waals surface area (Å²) in [4.78, 5) is 31.7. The van der Waals surface area contributed by atoms with Crippen molar-refractivity contribution in [2.45, 2.75) is 38.5 Å². The second-order valence-corrected chi connectivity index (χ2v) is 6.69. The van der Waals surface area contributed by atoms with E-state index in [1.54, 1.807) is 17.3 Å². The number of benzene rings is 1. The predicted molar refractivity (Wildman–Crippen MR) is 96.1 cm³/mol. The number of ketones is 1. The van der Waals surface area contributed by atoms with Crippen molar-refractivity contribution >= 4 is 17.4 Å². The molecule has 4 rings (SSSR count). The molecule has 4 nitrogen and oxygen atoms in total. The Hall–Kier alpha value is -2.75. The fourth-order valence-corrected chi connectivity index (χ4v) is 4.02. The number of allylic oxidation sites excluding steroid dienone is 2. The quantitative estimate of drug-likeness (QED) is 0.837. The Labute approximate surface area is 147 Å². The van der Waals surface area contributed by atoms with Gasteiger partial charge in [-0.2, -0.15) is 0 Å². The van der Waals surface area contributed by atoms with Gasteiger partial charge in [0.05, 0.1) is 11.9 Å². The predicted octanol–water partition coefficient (Wildman–Crippen LogP) is 3.92. The molecule has 1 atom stereocenters. The van der Waals surface area contributed by atoms with Crippen molar-refractivity contribution in [2.24, 2.45) is 0 Å². The summed E-state index contributed by atoms with van der Waals surface area (Å²) in [5.74, 6) is 0.0787. The van der Waals surface area contributed by atoms with E-state index in [2.05, 4.69) is 4.98 Å². The molecule has 1 unspecified atom stereocenters. The molecule has 0 radical (unpaired) electrons. The Morgan fingerprint density at radius 1 is 1.08 bits per heavy atom. The molecule has 0 saturated heterocycles. The second kappa shape index (κ2) is 6.28. The monoisotopic (exact) mass is 332 g/mol. The number of aryl methyl sites for hydroxylation is 1.